The fourth-order valence-electron chi connectivity index (χ4n) is 1.70. The lowest BCUT2D eigenvalue weighted by Gasteiger charge is -2.37. The Morgan fingerprint density at radius 3 is 2.50 bits per heavy atom. The van der Waals surface area contributed by atoms with Crippen LogP contribution in [0.3, 0.4) is 0 Å². The van der Waals surface area contributed by atoms with Gasteiger partial charge in [0.25, 0.3) is 0 Å². The van der Waals surface area contributed by atoms with Crippen molar-refractivity contribution in [3.63, 3.8) is 0 Å². The molecule has 0 aromatic carbocycles. The highest BCUT2D eigenvalue weighted by molar-refractivity contribution is 4.82. The van der Waals surface area contributed by atoms with E-state index in [1.54, 1.807) is 5.01 Å². The molecular formula is C8H18N2O2. The number of aliphatic hydroxyl groups is 1. The lowest BCUT2D eigenvalue weighted by Crippen LogP contribution is -2.44. The van der Waals surface area contributed by atoms with Gasteiger partial charge in [0.2, 0.25) is 0 Å². The van der Waals surface area contributed by atoms with Crippen molar-refractivity contribution in [1.29, 1.82) is 0 Å². The van der Waals surface area contributed by atoms with Crippen LogP contribution in [0.2, 0.25) is 0 Å². The molecule has 1 heterocycles. The maximum absolute atomic E-state index is 9.25. The molecule has 4 nitrogen and oxygen atoms in total. The second-order valence-corrected chi connectivity index (χ2v) is 3.69. The molecule has 4 heteroatoms. The van der Waals surface area contributed by atoms with Crippen LogP contribution in [0.25, 0.3) is 0 Å². The standard InChI is InChI=1S/C8H18N2O2/c1-10(9)6-8(7-11)2-4-12-5-3-8/h11H,2-7,9H2,1H3. The summed E-state index contributed by atoms with van der Waals surface area (Å²) in [6.07, 6.45) is 1.82. The summed E-state index contributed by atoms with van der Waals surface area (Å²) in [5.74, 6) is 5.57. The lowest BCUT2D eigenvalue weighted by molar-refractivity contribution is -0.0309. The number of hydrazine groups is 1. The van der Waals surface area contributed by atoms with E-state index >= 15 is 0 Å². The number of nitrogens with zero attached hydrogens (tertiary/aromatic N) is 1. The van der Waals surface area contributed by atoms with E-state index in [1.807, 2.05) is 7.05 Å². The fraction of sp³-hybridized carbons (Fsp3) is 1.00. The average molecular weight is 174 g/mol. The highest BCUT2D eigenvalue weighted by atomic mass is 16.5. The number of nitrogens with two attached hydrogens (primary N) is 1. The zero-order valence-corrected chi connectivity index (χ0v) is 7.62. The predicted octanol–water partition coefficient (Wildman–Crippen LogP) is -0.419. The first kappa shape index (κ1) is 9.92. The Morgan fingerprint density at radius 2 is 2.08 bits per heavy atom. The molecule has 0 aromatic heterocycles. The molecule has 0 unspecified atom stereocenters. The molecule has 12 heavy (non-hydrogen) atoms. The third-order valence-electron chi connectivity index (χ3n) is 2.47. The van der Waals surface area contributed by atoms with Crippen molar-refractivity contribution in [1.82, 2.24) is 5.01 Å². The van der Waals surface area contributed by atoms with E-state index in [4.69, 9.17) is 10.6 Å². The van der Waals surface area contributed by atoms with Crippen molar-refractivity contribution < 1.29 is 9.84 Å². The van der Waals surface area contributed by atoms with Crippen molar-refractivity contribution in [3.8, 4) is 0 Å². The van der Waals surface area contributed by atoms with Gasteiger partial charge in [-0.15, -0.1) is 0 Å². The molecule has 1 aliphatic rings. The molecule has 0 radical (unpaired) electrons. The van der Waals surface area contributed by atoms with Crippen molar-refractivity contribution in [3.05, 3.63) is 0 Å². The molecule has 1 fully saturated rings. The van der Waals surface area contributed by atoms with Crippen LogP contribution in [0.1, 0.15) is 12.8 Å². The second-order valence-electron chi connectivity index (χ2n) is 3.69. The lowest BCUT2D eigenvalue weighted by atomic mass is 9.81. The molecule has 72 valence electrons. The molecule has 0 aromatic rings. The Kier molecular flexibility index (Phi) is 3.46. The van der Waals surface area contributed by atoms with Crippen LogP contribution >= 0.6 is 0 Å². The number of ether oxygens (including phenoxy) is 1. The Bertz CT molecular complexity index is 133. The Balaban J connectivity index is 2.48. The second kappa shape index (κ2) is 4.18. The SMILES string of the molecule is CN(N)CC1(CO)CCOCC1. The van der Waals surface area contributed by atoms with Crippen LogP contribution in [-0.2, 0) is 4.74 Å². The van der Waals surface area contributed by atoms with Crippen LogP contribution in [0.15, 0.2) is 0 Å². The van der Waals surface area contributed by atoms with Crippen LogP contribution in [0.4, 0.5) is 0 Å². The summed E-state index contributed by atoms with van der Waals surface area (Å²) < 4.78 is 5.24. The predicted molar refractivity (Wildman–Crippen MR) is 46.4 cm³/mol. The molecule has 0 atom stereocenters. The van der Waals surface area contributed by atoms with Gasteiger partial charge in [-0.3, -0.25) is 5.84 Å². The fourth-order valence-corrected chi connectivity index (χ4v) is 1.70. The quantitative estimate of drug-likeness (QED) is 0.451. The molecule has 0 amide bonds. The van der Waals surface area contributed by atoms with E-state index in [0.717, 1.165) is 32.6 Å². The molecule has 0 saturated carbocycles. The van der Waals surface area contributed by atoms with E-state index in [0.29, 0.717) is 0 Å². The molecule has 0 spiro atoms. The summed E-state index contributed by atoms with van der Waals surface area (Å²) >= 11 is 0. The van der Waals surface area contributed by atoms with E-state index < -0.39 is 0 Å². The first-order valence-electron chi connectivity index (χ1n) is 4.33. The molecule has 1 saturated heterocycles. The normalized spacial score (nSPS) is 23.0. The van der Waals surface area contributed by atoms with Crippen molar-refractivity contribution in [2.75, 3.05) is 33.4 Å². The van der Waals surface area contributed by atoms with E-state index in [1.165, 1.54) is 0 Å². The number of hydrogen-bond acceptors (Lipinski definition) is 4. The Morgan fingerprint density at radius 1 is 1.50 bits per heavy atom. The van der Waals surface area contributed by atoms with E-state index in [2.05, 4.69) is 0 Å². The maximum atomic E-state index is 9.25. The van der Waals surface area contributed by atoms with Gasteiger partial charge in [0, 0.05) is 32.2 Å². The monoisotopic (exact) mass is 174 g/mol. The first-order chi connectivity index (χ1) is 5.68. The smallest absolute Gasteiger partial charge is 0.0501 e. The molecule has 1 aliphatic heterocycles. The van der Waals surface area contributed by atoms with Gasteiger partial charge >= 0.3 is 0 Å². The zero-order valence-electron chi connectivity index (χ0n) is 7.62. The topological polar surface area (TPSA) is 58.7 Å². The maximum Gasteiger partial charge on any atom is 0.0501 e. The van der Waals surface area contributed by atoms with Gasteiger partial charge in [0.15, 0.2) is 0 Å². The van der Waals surface area contributed by atoms with Crippen molar-refractivity contribution in [2.45, 2.75) is 12.8 Å². The Hall–Kier alpha value is -0.160. The summed E-state index contributed by atoms with van der Waals surface area (Å²) in [6.45, 7) is 2.44. The molecule has 1 rings (SSSR count). The summed E-state index contributed by atoms with van der Waals surface area (Å²) in [5, 5.41) is 10.9. The minimum Gasteiger partial charge on any atom is -0.396 e. The van der Waals surface area contributed by atoms with Crippen LogP contribution in [0, 0.1) is 5.41 Å². The van der Waals surface area contributed by atoms with E-state index in [-0.39, 0.29) is 12.0 Å². The van der Waals surface area contributed by atoms with Crippen LogP contribution in [0.5, 0.6) is 0 Å². The minimum atomic E-state index is -0.0260. The number of rotatable bonds is 3. The largest absolute Gasteiger partial charge is 0.396 e. The van der Waals surface area contributed by atoms with Crippen LogP contribution in [-0.4, -0.2) is 43.5 Å². The van der Waals surface area contributed by atoms with Gasteiger partial charge < -0.3 is 9.84 Å². The number of aliphatic hydroxyl groups excluding tert-OH is 1. The third kappa shape index (κ3) is 2.42. The number of hydrogen-bond donors (Lipinski definition) is 2. The van der Waals surface area contributed by atoms with Gasteiger partial charge in [-0.05, 0) is 12.8 Å². The highest BCUT2D eigenvalue weighted by Crippen LogP contribution is 2.29. The zero-order chi connectivity index (χ0) is 9.03. The summed E-state index contributed by atoms with van der Waals surface area (Å²) in [5.41, 5.74) is -0.0260. The van der Waals surface area contributed by atoms with Crippen molar-refractivity contribution in [2.24, 2.45) is 11.3 Å². The summed E-state index contributed by atoms with van der Waals surface area (Å²) in [6, 6.07) is 0. The third-order valence-corrected chi connectivity index (χ3v) is 2.47. The van der Waals surface area contributed by atoms with Crippen LogP contribution < -0.4 is 5.84 Å². The average Bonchev–Trinajstić information content (AvgIpc) is 2.05. The van der Waals surface area contributed by atoms with E-state index in [9.17, 15) is 5.11 Å². The van der Waals surface area contributed by atoms with Gasteiger partial charge in [-0.2, -0.15) is 0 Å². The molecular weight excluding hydrogens is 156 g/mol. The van der Waals surface area contributed by atoms with Gasteiger partial charge in [0.05, 0.1) is 6.61 Å². The summed E-state index contributed by atoms with van der Waals surface area (Å²) in [4.78, 5) is 0. The van der Waals surface area contributed by atoms with Gasteiger partial charge in [-0.25, -0.2) is 5.01 Å². The molecule has 0 bridgehead atoms. The minimum absolute atomic E-state index is 0.0260. The summed E-state index contributed by atoms with van der Waals surface area (Å²) in [7, 11) is 1.83. The molecule has 0 aliphatic carbocycles. The first-order valence-corrected chi connectivity index (χ1v) is 4.33. The van der Waals surface area contributed by atoms with Crippen molar-refractivity contribution >= 4 is 0 Å². The van der Waals surface area contributed by atoms with Gasteiger partial charge in [0.1, 0.15) is 0 Å². The Labute approximate surface area is 73.3 Å². The van der Waals surface area contributed by atoms with Gasteiger partial charge in [-0.1, -0.05) is 0 Å². The molecule has 3 N–H and O–H groups in total. The highest BCUT2D eigenvalue weighted by Gasteiger charge is 2.32.